The van der Waals surface area contributed by atoms with E-state index in [2.05, 4.69) is 24.2 Å². The summed E-state index contributed by atoms with van der Waals surface area (Å²) in [4.78, 5) is 0. The minimum Gasteiger partial charge on any atom is -0.383 e. The normalized spacial score (nSPS) is 10.8. The van der Waals surface area contributed by atoms with Crippen molar-refractivity contribution in [1.29, 1.82) is 0 Å². The Kier molecular flexibility index (Phi) is 3.43. The molecule has 3 nitrogen and oxygen atoms in total. The molecule has 2 N–H and O–H groups in total. The first-order valence-corrected chi connectivity index (χ1v) is 7.10. The fourth-order valence-corrected chi connectivity index (χ4v) is 2.59. The Morgan fingerprint density at radius 1 is 1.05 bits per heavy atom. The van der Waals surface area contributed by atoms with E-state index in [9.17, 15) is 0 Å². The number of hydrogen-bond donors (Lipinski definition) is 1. The lowest BCUT2D eigenvalue weighted by Gasteiger charge is -2.07. The predicted molar refractivity (Wildman–Crippen MR) is 88.2 cm³/mol. The van der Waals surface area contributed by atoms with Gasteiger partial charge in [-0.3, -0.25) is 4.68 Å². The van der Waals surface area contributed by atoms with Crippen LogP contribution in [-0.4, -0.2) is 9.78 Å². The van der Waals surface area contributed by atoms with Crippen LogP contribution in [0.1, 0.15) is 5.56 Å². The molecule has 1 aromatic heterocycles. The van der Waals surface area contributed by atoms with Crippen molar-refractivity contribution in [3.63, 3.8) is 0 Å². The lowest BCUT2D eigenvalue weighted by atomic mass is 9.98. The van der Waals surface area contributed by atoms with Gasteiger partial charge in [0, 0.05) is 17.6 Å². The van der Waals surface area contributed by atoms with Gasteiger partial charge in [0.15, 0.2) is 0 Å². The number of nitrogen functional groups attached to an aromatic ring is 1. The molecule has 0 spiro atoms. The molecular formula is C17H16ClN3. The average molecular weight is 298 g/mol. The van der Waals surface area contributed by atoms with Crippen molar-refractivity contribution in [2.75, 3.05) is 5.73 Å². The monoisotopic (exact) mass is 297 g/mol. The second-order valence-corrected chi connectivity index (χ2v) is 5.49. The Morgan fingerprint density at radius 3 is 2.38 bits per heavy atom. The van der Waals surface area contributed by atoms with Crippen LogP contribution >= 0.6 is 11.6 Å². The van der Waals surface area contributed by atoms with E-state index in [1.54, 1.807) is 4.68 Å². The fourth-order valence-electron chi connectivity index (χ4n) is 2.47. The van der Waals surface area contributed by atoms with E-state index in [4.69, 9.17) is 17.3 Å². The highest BCUT2D eigenvalue weighted by Crippen LogP contribution is 2.37. The van der Waals surface area contributed by atoms with Crippen LogP contribution in [0.2, 0.25) is 5.02 Å². The summed E-state index contributed by atoms with van der Waals surface area (Å²) in [5, 5.41) is 5.31. The zero-order valence-corrected chi connectivity index (χ0v) is 12.7. The second kappa shape index (κ2) is 5.26. The Morgan fingerprint density at radius 2 is 1.71 bits per heavy atom. The van der Waals surface area contributed by atoms with Crippen molar-refractivity contribution in [2.24, 2.45) is 7.05 Å². The zero-order valence-electron chi connectivity index (χ0n) is 12.0. The van der Waals surface area contributed by atoms with Crippen molar-refractivity contribution in [2.45, 2.75) is 6.92 Å². The van der Waals surface area contributed by atoms with Gasteiger partial charge in [0.1, 0.15) is 11.5 Å². The molecule has 3 aromatic rings. The summed E-state index contributed by atoms with van der Waals surface area (Å²) in [5.41, 5.74) is 11.4. The highest BCUT2D eigenvalue weighted by Gasteiger charge is 2.18. The molecule has 0 aliphatic rings. The smallest absolute Gasteiger partial charge is 0.129 e. The van der Waals surface area contributed by atoms with Gasteiger partial charge in [0.2, 0.25) is 0 Å². The van der Waals surface area contributed by atoms with Crippen LogP contribution < -0.4 is 5.73 Å². The van der Waals surface area contributed by atoms with Crippen molar-refractivity contribution < 1.29 is 0 Å². The number of rotatable bonds is 2. The molecule has 0 aliphatic heterocycles. The predicted octanol–water partition coefficient (Wildman–Crippen LogP) is 4.30. The third-order valence-corrected chi connectivity index (χ3v) is 3.88. The molecule has 21 heavy (non-hydrogen) atoms. The van der Waals surface area contributed by atoms with E-state index in [1.165, 1.54) is 5.56 Å². The van der Waals surface area contributed by atoms with Gasteiger partial charge in [-0.25, -0.2) is 0 Å². The van der Waals surface area contributed by atoms with Gasteiger partial charge in [-0.1, -0.05) is 48.0 Å². The van der Waals surface area contributed by atoms with Crippen LogP contribution in [0, 0.1) is 6.92 Å². The summed E-state index contributed by atoms with van der Waals surface area (Å²) in [6, 6.07) is 15.8. The maximum Gasteiger partial charge on any atom is 0.129 e. The molecule has 0 unspecified atom stereocenters. The van der Waals surface area contributed by atoms with Crippen LogP contribution in [0.5, 0.6) is 0 Å². The Balaban J connectivity index is 2.26. The van der Waals surface area contributed by atoms with Gasteiger partial charge in [-0.05, 0) is 30.2 Å². The molecule has 0 fully saturated rings. The summed E-state index contributed by atoms with van der Waals surface area (Å²) in [5.74, 6) is 0.649. The minimum atomic E-state index is 0.649. The van der Waals surface area contributed by atoms with Crippen molar-refractivity contribution in [3.8, 4) is 22.4 Å². The summed E-state index contributed by atoms with van der Waals surface area (Å²) >= 11 is 5.97. The maximum absolute atomic E-state index is 6.23. The van der Waals surface area contributed by atoms with E-state index >= 15 is 0 Å². The van der Waals surface area contributed by atoms with E-state index in [0.717, 1.165) is 22.4 Å². The first-order valence-electron chi connectivity index (χ1n) is 6.72. The van der Waals surface area contributed by atoms with Gasteiger partial charge >= 0.3 is 0 Å². The number of benzene rings is 2. The topological polar surface area (TPSA) is 43.8 Å². The Hall–Kier alpha value is -2.26. The molecule has 1 heterocycles. The van der Waals surface area contributed by atoms with E-state index < -0.39 is 0 Å². The summed E-state index contributed by atoms with van der Waals surface area (Å²) < 4.78 is 1.71. The van der Waals surface area contributed by atoms with Crippen molar-refractivity contribution >= 4 is 17.4 Å². The number of hydrogen-bond acceptors (Lipinski definition) is 2. The number of aryl methyl sites for hydroxylation is 2. The fraction of sp³-hybridized carbons (Fsp3) is 0.118. The molecule has 2 aromatic carbocycles. The van der Waals surface area contributed by atoms with Crippen LogP contribution in [0.3, 0.4) is 0 Å². The van der Waals surface area contributed by atoms with Crippen molar-refractivity contribution in [1.82, 2.24) is 9.78 Å². The molecule has 0 aliphatic carbocycles. The van der Waals surface area contributed by atoms with Gasteiger partial charge in [-0.15, -0.1) is 0 Å². The molecule has 0 bridgehead atoms. The molecule has 106 valence electrons. The standard InChI is InChI=1S/C17H16ClN3/c1-11-5-3-4-6-14(11)16-15(17(19)21(2)20-16)12-7-9-13(18)10-8-12/h3-10H,19H2,1-2H3. The van der Waals surface area contributed by atoms with Crippen LogP contribution in [0.4, 0.5) is 5.82 Å². The van der Waals surface area contributed by atoms with Gasteiger partial charge in [0.25, 0.3) is 0 Å². The molecule has 4 heteroatoms. The largest absolute Gasteiger partial charge is 0.383 e. The summed E-state index contributed by atoms with van der Waals surface area (Å²) in [7, 11) is 1.86. The molecule has 0 saturated carbocycles. The minimum absolute atomic E-state index is 0.649. The summed E-state index contributed by atoms with van der Waals surface area (Å²) in [6.45, 7) is 2.08. The Bertz CT molecular complexity index is 788. The number of nitrogens with zero attached hydrogens (tertiary/aromatic N) is 2. The van der Waals surface area contributed by atoms with Gasteiger partial charge < -0.3 is 5.73 Å². The molecule has 0 amide bonds. The number of anilines is 1. The van der Waals surface area contributed by atoms with E-state index in [-0.39, 0.29) is 0 Å². The van der Waals surface area contributed by atoms with Crippen molar-refractivity contribution in [3.05, 3.63) is 59.1 Å². The third kappa shape index (κ3) is 2.41. The maximum atomic E-state index is 6.23. The van der Waals surface area contributed by atoms with Gasteiger partial charge in [0.05, 0.1) is 5.56 Å². The van der Waals surface area contributed by atoms with Crippen LogP contribution in [-0.2, 0) is 7.05 Å². The first-order chi connectivity index (χ1) is 10.1. The van der Waals surface area contributed by atoms with Gasteiger partial charge in [-0.2, -0.15) is 5.10 Å². The highest BCUT2D eigenvalue weighted by molar-refractivity contribution is 6.30. The number of halogens is 1. The van der Waals surface area contributed by atoms with E-state index in [1.807, 2.05) is 43.4 Å². The quantitative estimate of drug-likeness (QED) is 0.766. The molecule has 3 rings (SSSR count). The first kappa shape index (κ1) is 13.7. The SMILES string of the molecule is Cc1ccccc1-c1nn(C)c(N)c1-c1ccc(Cl)cc1. The third-order valence-electron chi connectivity index (χ3n) is 3.62. The molecular weight excluding hydrogens is 282 g/mol. The molecule has 0 saturated heterocycles. The van der Waals surface area contributed by atoms with Crippen LogP contribution in [0.15, 0.2) is 48.5 Å². The lowest BCUT2D eigenvalue weighted by Crippen LogP contribution is -1.97. The second-order valence-electron chi connectivity index (χ2n) is 5.05. The Labute approximate surface area is 129 Å². The molecule has 0 atom stereocenters. The number of nitrogens with two attached hydrogens (primary N) is 1. The summed E-state index contributed by atoms with van der Waals surface area (Å²) in [6.07, 6.45) is 0. The van der Waals surface area contributed by atoms with Crippen LogP contribution in [0.25, 0.3) is 22.4 Å². The highest BCUT2D eigenvalue weighted by atomic mass is 35.5. The molecule has 0 radical (unpaired) electrons. The average Bonchev–Trinajstić information content (AvgIpc) is 2.76. The van der Waals surface area contributed by atoms with E-state index in [0.29, 0.717) is 10.8 Å². The number of aromatic nitrogens is 2. The zero-order chi connectivity index (χ0) is 15.0. The lowest BCUT2D eigenvalue weighted by molar-refractivity contribution is 0.782.